The Kier molecular flexibility index (Phi) is 6.09. The second kappa shape index (κ2) is 7.10. The molecule has 0 bridgehead atoms. The van der Waals surface area contributed by atoms with Crippen LogP contribution in [0.4, 0.5) is 5.82 Å². The number of halogens is 1. The zero-order chi connectivity index (χ0) is 13.7. The van der Waals surface area contributed by atoms with Crippen molar-refractivity contribution in [3.8, 4) is 0 Å². The Hall–Kier alpha value is -0.610. The molecule has 1 aromatic heterocycles. The Morgan fingerprint density at radius 2 is 1.89 bits per heavy atom. The highest BCUT2D eigenvalue weighted by molar-refractivity contribution is 9.10. The lowest BCUT2D eigenvalue weighted by molar-refractivity contribution is 0.304. The van der Waals surface area contributed by atoms with Gasteiger partial charge in [0.25, 0.3) is 0 Å². The number of nitrogens with one attached hydrogen (secondary N) is 1. The Morgan fingerprint density at radius 3 is 2.39 bits per heavy atom. The molecular formula is C14H24BrN3. The zero-order valence-electron chi connectivity index (χ0n) is 11.7. The summed E-state index contributed by atoms with van der Waals surface area (Å²) in [7, 11) is 0. The Bertz CT molecular complexity index is 369. The molecule has 0 fully saturated rings. The van der Waals surface area contributed by atoms with Crippen LogP contribution >= 0.6 is 15.9 Å². The lowest BCUT2D eigenvalue weighted by atomic mass is 9.85. The molecule has 0 unspecified atom stereocenters. The summed E-state index contributed by atoms with van der Waals surface area (Å²) >= 11 is 3.42. The van der Waals surface area contributed by atoms with Crippen molar-refractivity contribution in [3.63, 3.8) is 0 Å². The topological polar surface area (TPSA) is 50.9 Å². The molecule has 0 radical (unpaired) electrons. The van der Waals surface area contributed by atoms with Crippen LogP contribution in [0.15, 0.2) is 16.7 Å². The van der Waals surface area contributed by atoms with E-state index in [1.165, 1.54) is 0 Å². The fraction of sp³-hybridized carbons (Fsp3) is 0.643. The Labute approximate surface area is 119 Å². The van der Waals surface area contributed by atoms with Crippen molar-refractivity contribution in [2.45, 2.75) is 34.2 Å². The van der Waals surface area contributed by atoms with E-state index >= 15 is 0 Å². The van der Waals surface area contributed by atoms with E-state index in [4.69, 9.17) is 5.73 Å². The number of aromatic nitrogens is 1. The van der Waals surface area contributed by atoms with Crippen LogP contribution in [-0.2, 0) is 6.54 Å². The molecule has 4 heteroatoms. The van der Waals surface area contributed by atoms with Gasteiger partial charge >= 0.3 is 0 Å². The molecule has 0 amide bonds. The molecule has 0 saturated heterocycles. The molecule has 3 nitrogen and oxygen atoms in total. The van der Waals surface area contributed by atoms with Gasteiger partial charge in [0.2, 0.25) is 0 Å². The van der Waals surface area contributed by atoms with E-state index < -0.39 is 0 Å². The van der Waals surface area contributed by atoms with Crippen LogP contribution in [0.1, 0.15) is 33.3 Å². The van der Waals surface area contributed by atoms with Gasteiger partial charge in [-0.25, -0.2) is 4.98 Å². The van der Waals surface area contributed by atoms with E-state index in [1.54, 1.807) is 6.20 Å². The quantitative estimate of drug-likeness (QED) is 0.843. The van der Waals surface area contributed by atoms with Crippen molar-refractivity contribution < 1.29 is 0 Å². The normalized spacial score (nSPS) is 11.6. The lowest BCUT2D eigenvalue weighted by Gasteiger charge is -2.25. The SMILES string of the molecule is CC(C)C(CNc1ncc(Br)cc1CN)C(C)C. The predicted octanol–water partition coefficient (Wildman–Crippen LogP) is 3.64. The maximum absolute atomic E-state index is 5.74. The minimum atomic E-state index is 0.503. The molecule has 102 valence electrons. The molecule has 3 N–H and O–H groups in total. The summed E-state index contributed by atoms with van der Waals surface area (Å²) in [6.07, 6.45) is 1.81. The van der Waals surface area contributed by atoms with Gasteiger partial charge in [0, 0.05) is 29.3 Å². The van der Waals surface area contributed by atoms with Crippen LogP contribution in [0.2, 0.25) is 0 Å². The fourth-order valence-corrected chi connectivity index (χ4v) is 2.63. The van der Waals surface area contributed by atoms with Crippen LogP contribution < -0.4 is 11.1 Å². The minimum Gasteiger partial charge on any atom is -0.370 e. The lowest BCUT2D eigenvalue weighted by Crippen LogP contribution is -2.25. The molecule has 1 heterocycles. The molecule has 0 aromatic carbocycles. The summed E-state index contributed by atoms with van der Waals surface area (Å²) in [5, 5.41) is 3.44. The van der Waals surface area contributed by atoms with Crippen molar-refractivity contribution in [1.29, 1.82) is 0 Å². The highest BCUT2D eigenvalue weighted by atomic mass is 79.9. The van der Waals surface area contributed by atoms with Crippen LogP contribution in [0.25, 0.3) is 0 Å². The number of nitrogens with zero attached hydrogens (tertiary/aromatic N) is 1. The van der Waals surface area contributed by atoms with Gasteiger partial charge in [-0.05, 0) is 39.8 Å². The Morgan fingerprint density at radius 1 is 1.28 bits per heavy atom. The van der Waals surface area contributed by atoms with E-state index in [2.05, 4.69) is 53.9 Å². The van der Waals surface area contributed by atoms with Crippen molar-refractivity contribution in [1.82, 2.24) is 4.98 Å². The van der Waals surface area contributed by atoms with Crippen LogP contribution in [-0.4, -0.2) is 11.5 Å². The second-order valence-corrected chi connectivity index (χ2v) is 6.31. The average molecular weight is 314 g/mol. The standard InChI is InChI=1S/C14H24BrN3/c1-9(2)13(10(3)4)8-18-14-11(6-16)5-12(15)7-17-14/h5,7,9-10,13H,6,8,16H2,1-4H3,(H,17,18). The van der Waals surface area contributed by atoms with Crippen LogP contribution in [0, 0.1) is 17.8 Å². The van der Waals surface area contributed by atoms with E-state index in [9.17, 15) is 0 Å². The molecular weight excluding hydrogens is 290 g/mol. The summed E-state index contributed by atoms with van der Waals surface area (Å²) in [4.78, 5) is 4.40. The predicted molar refractivity (Wildman–Crippen MR) is 81.5 cm³/mol. The molecule has 0 atom stereocenters. The third kappa shape index (κ3) is 4.25. The number of rotatable bonds is 6. The molecule has 0 aliphatic heterocycles. The number of pyridine rings is 1. The molecule has 0 saturated carbocycles. The van der Waals surface area contributed by atoms with Crippen molar-refractivity contribution in [3.05, 3.63) is 22.3 Å². The van der Waals surface area contributed by atoms with Crippen molar-refractivity contribution in [2.75, 3.05) is 11.9 Å². The van der Waals surface area contributed by atoms with Gasteiger partial charge in [-0.1, -0.05) is 27.7 Å². The highest BCUT2D eigenvalue weighted by Crippen LogP contribution is 2.23. The first-order valence-electron chi connectivity index (χ1n) is 6.54. The molecule has 1 aromatic rings. The monoisotopic (exact) mass is 313 g/mol. The van der Waals surface area contributed by atoms with Crippen LogP contribution in [0.5, 0.6) is 0 Å². The van der Waals surface area contributed by atoms with Gasteiger partial charge in [-0.2, -0.15) is 0 Å². The third-order valence-corrected chi connectivity index (χ3v) is 3.80. The maximum Gasteiger partial charge on any atom is 0.130 e. The summed E-state index contributed by atoms with van der Waals surface area (Å²) in [5.41, 5.74) is 6.80. The largest absolute Gasteiger partial charge is 0.370 e. The average Bonchev–Trinajstić information content (AvgIpc) is 2.30. The first-order valence-corrected chi connectivity index (χ1v) is 7.33. The summed E-state index contributed by atoms with van der Waals surface area (Å²) in [6, 6.07) is 2.02. The highest BCUT2D eigenvalue weighted by Gasteiger charge is 2.17. The van der Waals surface area contributed by atoms with Gasteiger partial charge in [0.15, 0.2) is 0 Å². The molecule has 0 aliphatic carbocycles. The van der Waals surface area contributed by atoms with E-state index in [1.807, 2.05) is 6.07 Å². The van der Waals surface area contributed by atoms with E-state index in [0.29, 0.717) is 24.3 Å². The maximum atomic E-state index is 5.74. The number of nitrogens with two attached hydrogens (primary N) is 1. The molecule has 1 rings (SSSR count). The third-order valence-electron chi connectivity index (χ3n) is 3.37. The number of hydrogen-bond donors (Lipinski definition) is 2. The molecule has 0 spiro atoms. The first-order chi connectivity index (χ1) is 8.45. The smallest absolute Gasteiger partial charge is 0.130 e. The van der Waals surface area contributed by atoms with Gasteiger partial charge in [-0.3, -0.25) is 0 Å². The second-order valence-electron chi connectivity index (χ2n) is 5.40. The minimum absolute atomic E-state index is 0.503. The molecule has 0 aliphatic rings. The molecule has 18 heavy (non-hydrogen) atoms. The van der Waals surface area contributed by atoms with Crippen molar-refractivity contribution >= 4 is 21.7 Å². The first kappa shape index (κ1) is 15.4. The van der Waals surface area contributed by atoms with Gasteiger partial charge in [0.1, 0.15) is 5.82 Å². The van der Waals surface area contributed by atoms with Gasteiger partial charge < -0.3 is 11.1 Å². The summed E-state index contributed by atoms with van der Waals surface area (Å²) in [5.74, 6) is 2.87. The van der Waals surface area contributed by atoms with Crippen molar-refractivity contribution in [2.24, 2.45) is 23.5 Å². The number of anilines is 1. The summed E-state index contributed by atoms with van der Waals surface area (Å²) < 4.78 is 0.970. The fourth-order valence-electron chi connectivity index (χ4n) is 2.25. The number of hydrogen-bond acceptors (Lipinski definition) is 3. The van der Waals surface area contributed by atoms with Gasteiger partial charge in [0.05, 0.1) is 0 Å². The van der Waals surface area contributed by atoms with Gasteiger partial charge in [-0.15, -0.1) is 0 Å². The van der Waals surface area contributed by atoms with E-state index in [-0.39, 0.29) is 0 Å². The van der Waals surface area contributed by atoms with E-state index in [0.717, 1.165) is 22.4 Å². The zero-order valence-corrected chi connectivity index (χ0v) is 13.3. The summed E-state index contributed by atoms with van der Waals surface area (Å²) in [6.45, 7) is 10.5. The van der Waals surface area contributed by atoms with Crippen LogP contribution in [0.3, 0.4) is 0 Å². The Balaban J connectivity index is 2.73.